The summed E-state index contributed by atoms with van der Waals surface area (Å²) in [5, 5.41) is 4.58. The second-order valence-corrected chi connectivity index (χ2v) is 7.99. The first-order valence-corrected chi connectivity index (χ1v) is 9.07. The molecule has 1 saturated carbocycles. The third kappa shape index (κ3) is 2.41. The Bertz CT molecular complexity index is 609. The van der Waals surface area contributed by atoms with Crippen molar-refractivity contribution in [3.63, 3.8) is 0 Å². The summed E-state index contributed by atoms with van der Waals surface area (Å²) in [5.74, 6) is 0. The van der Waals surface area contributed by atoms with Gasteiger partial charge in [0.2, 0.25) is 0 Å². The third-order valence-electron chi connectivity index (χ3n) is 4.82. The Hall–Kier alpha value is -0.920. The number of hydrogen-bond donors (Lipinski definition) is 0. The Morgan fingerprint density at radius 3 is 2.86 bits per heavy atom. The number of morpholine rings is 1. The fourth-order valence-corrected chi connectivity index (χ4v) is 4.96. The molecule has 2 fully saturated rings. The SMILES string of the molecule is CCC1(C)COCCN1S(=O)(=O)c1ccnn1C1CCC1. The predicted molar refractivity (Wildman–Crippen MR) is 78.5 cm³/mol. The number of nitrogens with zero attached hydrogens (tertiary/aromatic N) is 3. The topological polar surface area (TPSA) is 64.4 Å². The molecule has 0 spiro atoms. The van der Waals surface area contributed by atoms with Gasteiger partial charge in [-0.1, -0.05) is 6.92 Å². The number of aromatic nitrogens is 2. The predicted octanol–water partition coefficient (Wildman–Crippen LogP) is 1.80. The maximum atomic E-state index is 13.1. The van der Waals surface area contributed by atoms with Crippen molar-refractivity contribution in [1.82, 2.24) is 14.1 Å². The van der Waals surface area contributed by atoms with Crippen LogP contribution in [-0.2, 0) is 14.8 Å². The molecule has 1 aliphatic heterocycles. The van der Waals surface area contributed by atoms with Crippen molar-refractivity contribution in [3.05, 3.63) is 12.3 Å². The monoisotopic (exact) mass is 313 g/mol. The van der Waals surface area contributed by atoms with Crippen molar-refractivity contribution in [2.24, 2.45) is 0 Å². The average molecular weight is 313 g/mol. The van der Waals surface area contributed by atoms with Crippen LogP contribution < -0.4 is 0 Å². The van der Waals surface area contributed by atoms with Gasteiger partial charge in [-0.05, 0) is 38.7 Å². The first-order valence-electron chi connectivity index (χ1n) is 7.63. The first kappa shape index (κ1) is 15.0. The maximum Gasteiger partial charge on any atom is 0.260 e. The van der Waals surface area contributed by atoms with Crippen molar-refractivity contribution in [1.29, 1.82) is 0 Å². The van der Waals surface area contributed by atoms with E-state index in [2.05, 4.69) is 5.10 Å². The normalized spacial score (nSPS) is 28.5. The van der Waals surface area contributed by atoms with E-state index >= 15 is 0 Å². The molecule has 0 radical (unpaired) electrons. The van der Waals surface area contributed by atoms with Crippen LogP contribution >= 0.6 is 0 Å². The van der Waals surface area contributed by atoms with E-state index in [0.29, 0.717) is 24.8 Å². The highest BCUT2D eigenvalue weighted by Gasteiger charge is 2.43. The van der Waals surface area contributed by atoms with E-state index in [4.69, 9.17) is 4.74 Å². The highest BCUT2D eigenvalue weighted by Crippen LogP contribution is 2.35. The van der Waals surface area contributed by atoms with Crippen molar-refractivity contribution in [2.75, 3.05) is 19.8 Å². The molecule has 1 saturated heterocycles. The van der Waals surface area contributed by atoms with Gasteiger partial charge in [0.05, 0.1) is 31.0 Å². The highest BCUT2D eigenvalue weighted by molar-refractivity contribution is 7.89. The molecule has 0 amide bonds. The number of rotatable bonds is 4. The van der Waals surface area contributed by atoms with Gasteiger partial charge in [-0.3, -0.25) is 0 Å². The lowest BCUT2D eigenvalue weighted by molar-refractivity contribution is -0.0189. The van der Waals surface area contributed by atoms with Gasteiger partial charge in [0.15, 0.2) is 5.03 Å². The van der Waals surface area contributed by atoms with Crippen LogP contribution in [0.3, 0.4) is 0 Å². The number of ether oxygens (including phenoxy) is 1. The molecule has 2 aliphatic rings. The van der Waals surface area contributed by atoms with E-state index < -0.39 is 15.6 Å². The molecule has 0 aromatic carbocycles. The Kier molecular flexibility index (Phi) is 3.83. The third-order valence-corrected chi connectivity index (χ3v) is 6.88. The van der Waals surface area contributed by atoms with Crippen LogP contribution in [0, 0.1) is 0 Å². The smallest absolute Gasteiger partial charge is 0.260 e. The Labute approximate surface area is 126 Å². The molecule has 3 rings (SSSR count). The van der Waals surface area contributed by atoms with Gasteiger partial charge in [-0.15, -0.1) is 0 Å². The molecule has 0 bridgehead atoms. The zero-order chi connectivity index (χ0) is 15.1. The molecule has 1 aromatic heterocycles. The molecule has 1 unspecified atom stereocenters. The van der Waals surface area contributed by atoms with E-state index in [-0.39, 0.29) is 6.04 Å². The fraction of sp³-hybridized carbons (Fsp3) is 0.786. The van der Waals surface area contributed by atoms with Crippen molar-refractivity contribution in [3.8, 4) is 0 Å². The van der Waals surface area contributed by atoms with Crippen LogP contribution in [-0.4, -0.2) is 47.8 Å². The van der Waals surface area contributed by atoms with E-state index in [1.54, 1.807) is 21.3 Å². The lowest BCUT2D eigenvalue weighted by Gasteiger charge is -2.43. The van der Waals surface area contributed by atoms with Crippen molar-refractivity contribution < 1.29 is 13.2 Å². The molecule has 21 heavy (non-hydrogen) atoms. The Morgan fingerprint density at radius 2 is 2.24 bits per heavy atom. The summed E-state index contributed by atoms with van der Waals surface area (Å²) in [5.41, 5.74) is -0.480. The van der Waals surface area contributed by atoms with E-state index in [1.807, 2.05) is 13.8 Å². The molecular formula is C14H23N3O3S. The van der Waals surface area contributed by atoms with E-state index in [0.717, 1.165) is 25.7 Å². The summed E-state index contributed by atoms with van der Waals surface area (Å²) in [6, 6.07) is 1.86. The van der Waals surface area contributed by atoms with Gasteiger partial charge < -0.3 is 4.74 Å². The fourth-order valence-electron chi connectivity index (χ4n) is 2.99. The summed E-state index contributed by atoms with van der Waals surface area (Å²) < 4.78 is 35.0. The lowest BCUT2D eigenvalue weighted by Crippen LogP contribution is -2.57. The van der Waals surface area contributed by atoms with Crippen LogP contribution in [0.15, 0.2) is 17.3 Å². The molecule has 6 nitrogen and oxygen atoms in total. The summed E-state index contributed by atoms with van der Waals surface area (Å²) in [4.78, 5) is 0. The first-order chi connectivity index (χ1) is 9.99. The van der Waals surface area contributed by atoms with E-state index in [9.17, 15) is 8.42 Å². The zero-order valence-corrected chi connectivity index (χ0v) is 13.5. The molecule has 118 valence electrons. The van der Waals surface area contributed by atoms with Gasteiger partial charge in [0.25, 0.3) is 10.0 Å². The minimum atomic E-state index is -3.54. The largest absolute Gasteiger partial charge is 0.378 e. The average Bonchev–Trinajstić information content (AvgIpc) is 2.87. The Balaban J connectivity index is 1.98. The van der Waals surface area contributed by atoms with Crippen LogP contribution in [0.1, 0.15) is 45.6 Å². The molecule has 1 atom stereocenters. The van der Waals surface area contributed by atoms with Crippen LogP contribution in [0.4, 0.5) is 0 Å². The molecular weight excluding hydrogens is 290 g/mol. The van der Waals surface area contributed by atoms with Gasteiger partial charge in [0.1, 0.15) is 0 Å². The molecule has 1 aromatic rings. The summed E-state index contributed by atoms with van der Waals surface area (Å²) in [6.45, 7) is 5.25. The van der Waals surface area contributed by atoms with Gasteiger partial charge in [-0.2, -0.15) is 9.40 Å². The van der Waals surface area contributed by atoms with Crippen LogP contribution in [0.5, 0.6) is 0 Å². The van der Waals surface area contributed by atoms with Gasteiger partial charge >= 0.3 is 0 Å². The lowest BCUT2D eigenvalue weighted by atomic mass is 9.93. The van der Waals surface area contributed by atoms with Crippen LogP contribution in [0.25, 0.3) is 0 Å². The Morgan fingerprint density at radius 1 is 1.48 bits per heavy atom. The van der Waals surface area contributed by atoms with Crippen molar-refractivity contribution >= 4 is 10.0 Å². The molecule has 2 heterocycles. The minimum absolute atomic E-state index is 0.235. The van der Waals surface area contributed by atoms with E-state index in [1.165, 1.54) is 0 Å². The maximum absolute atomic E-state index is 13.1. The summed E-state index contributed by atoms with van der Waals surface area (Å²) in [7, 11) is -3.54. The van der Waals surface area contributed by atoms with Crippen molar-refractivity contribution in [2.45, 2.75) is 56.1 Å². The van der Waals surface area contributed by atoms with Gasteiger partial charge in [0, 0.05) is 6.54 Å². The number of hydrogen-bond acceptors (Lipinski definition) is 4. The summed E-state index contributed by atoms with van der Waals surface area (Å²) in [6.07, 6.45) is 5.49. The highest BCUT2D eigenvalue weighted by atomic mass is 32.2. The molecule has 7 heteroatoms. The molecule has 1 aliphatic carbocycles. The van der Waals surface area contributed by atoms with Crippen LogP contribution in [0.2, 0.25) is 0 Å². The summed E-state index contributed by atoms with van der Waals surface area (Å²) >= 11 is 0. The number of sulfonamides is 1. The molecule has 0 N–H and O–H groups in total. The second kappa shape index (κ2) is 5.37. The zero-order valence-electron chi connectivity index (χ0n) is 12.7. The quantitative estimate of drug-likeness (QED) is 0.850. The minimum Gasteiger partial charge on any atom is -0.378 e. The van der Waals surface area contributed by atoms with Gasteiger partial charge in [-0.25, -0.2) is 13.1 Å². The standard InChI is InChI=1S/C14H23N3O3S/c1-3-14(2)11-20-10-9-16(14)21(18,19)13-7-8-15-17(13)12-5-4-6-12/h7-8,12H,3-6,9-11H2,1-2H3. The second-order valence-electron chi connectivity index (χ2n) is 6.18.